The van der Waals surface area contributed by atoms with Crippen molar-refractivity contribution in [2.75, 3.05) is 7.11 Å². The molecule has 0 heterocycles. The average Bonchev–Trinajstić information content (AvgIpc) is 2.17. The van der Waals surface area contributed by atoms with Crippen molar-refractivity contribution >= 4 is 11.8 Å². The molecule has 0 radical (unpaired) electrons. The number of ketones is 1. The minimum absolute atomic E-state index is 0.359. The fraction of sp³-hybridized carbons (Fsp3) is 0.200. The van der Waals surface area contributed by atoms with Crippen molar-refractivity contribution in [2.45, 2.75) is 6.92 Å². The zero-order chi connectivity index (χ0) is 9.84. The Hall–Kier alpha value is -1.64. The quantitative estimate of drug-likeness (QED) is 0.390. The molecular formula is C10H10O3. The first-order valence-corrected chi connectivity index (χ1v) is 3.84. The molecule has 0 aliphatic carbocycles. The Labute approximate surface area is 76.3 Å². The topological polar surface area (TPSA) is 43.4 Å². The Balaban J connectivity index is 2.90. The van der Waals surface area contributed by atoms with Crippen LogP contribution in [0.15, 0.2) is 24.3 Å². The number of carbonyl (C=O) groups excluding carboxylic acids is 2. The van der Waals surface area contributed by atoms with E-state index in [1.54, 1.807) is 24.3 Å². The predicted octanol–water partition coefficient (Wildman–Crippen LogP) is 1.35. The highest BCUT2D eigenvalue weighted by Gasteiger charge is 2.15. The summed E-state index contributed by atoms with van der Waals surface area (Å²) in [5.41, 5.74) is 1.40. The molecule has 0 aliphatic heterocycles. The standard InChI is InChI=1S/C10H10O3/c1-7-3-5-8(6-4-7)9(11)10(12)13-2/h3-6H,1-2H3. The van der Waals surface area contributed by atoms with Crippen LogP contribution in [-0.4, -0.2) is 18.9 Å². The molecule has 13 heavy (non-hydrogen) atoms. The summed E-state index contributed by atoms with van der Waals surface area (Å²) in [4.78, 5) is 22.0. The molecule has 1 aromatic carbocycles. The summed E-state index contributed by atoms with van der Waals surface area (Å²) in [6, 6.07) is 6.76. The molecule has 1 aromatic rings. The third-order valence-electron chi connectivity index (χ3n) is 1.68. The van der Waals surface area contributed by atoms with E-state index in [2.05, 4.69) is 4.74 Å². The molecular weight excluding hydrogens is 168 g/mol. The fourth-order valence-electron chi connectivity index (χ4n) is 0.915. The minimum atomic E-state index is -0.830. The van der Waals surface area contributed by atoms with Crippen molar-refractivity contribution in [3.63, 3.8) is 0 Å². The lowest BCUT2D eigenvalue weighted by atomic mass is 10.1. The summed E-state index contributed by atoms with van der Waals surface area (Å²) in [6.45, 7) is 1.91. The van der Waals surface area contributed by atoms with Crippen molar-refractivity contribution < 1.29 is 14.3 Å². The third kappa shape index (κ3) is 2.15. The number of hydrogen-bond donors (Lipinski definition) is 0. The van der Waals surface area contributed by atoms with Crippen LogP contribution in [0.4, 0.5) is 0 Å². The van der Waals surface area contributed by atoms with E-state index in [1.807, 2.05) is 6.92 Å². The van der Waals surface area contributed by atoms with Gasteiger partial charge in [-0.05, 0) is 6.92 Å². The van der Waals surface area contributed by atoms with E-state index in [0.717, 1.165) is 5.56 Å². The second-order valence-electron chi connectivity index (χ2n) is 2.69. The van der Waals surface area contributed by atoms with Gasteiger partial charge in [0.05, 0.1) is 7.11 Å². The molecule has 0 atom stereocenters. The van der Waals surface area contributed by atoms with Gasteiger partial charge in [0.15, 0.2) is 0 Å². The van der Waals surface area contributed by atoms with Crippen LogP contribution in [0.2, 0.25) is 0 Å². The van der Waals surface area contributed by atoms with Crippen LogP contribution < -0.4 is 0 Å². The zero-order valence-electron chi connectivity index (χ0n) is 7.53. The molecule has 0 spiro atoms. The van der Waals surface area contributed by atoms with E-state index >= 15 is 0 Å². The lowest BCUT2D eigenvalue weighted by Crippen LogP contribution is -2.15. The highest BCUT2D eigenvalue weighted by atomic mass is 16.5. The van der Waals surface area contributed by atoms with E-state index in [1.165, 1.54) is 7.11 Å². The largest absolute Gasteiger partial charge is 0.463 e. The number of carbonyl (C=O) groups is 2. The van der Waals surface area contributed by atoms with E-state index in [-0.39, 0.29) is 0 Å². The highest BCUT2D eigenvalue weighted by molar-refractivity contribution is 6.40. The summed E-state index contributed by atoms with van der Waals surface area (Å²) in [5.74, 6) is -1.44. The van der Waals surface area contributed by atoms with E-state index in [4.69, 9.17) is 0 Å². The maximum atomic E-state index is 11.2. The molecule has 68 valence electrons. The number of esters is 1. The molecule has 0 saturated carbocycles. The molecule has 1 rings (SSSR count). The van der Waals surface area contributed by atoms with Crippen molar-refractivity contribution in [3.05, 3.63) is 35.4 Å². The zero-order valence-corrected chi connectivity index (χ0v) is 7.53. The minimum Gasteiger partial charge on any atom is -0.463 e. The first-order valence-electron chi connectivity index (χ1n) is 3.84. The van der Waals surface area contributed by atoms with E-state index in [0.29, 0.717) is 5.56 Å². The number of Topliss-reactive ketones (excluding diaryl/α,β-unsaturated/α-hetero) is 1. The highest BCUT2D eigenvalue weighted by Crippen LogP contribution is 2.04. The average molecular weight is 178 g/mol. The van der Waals surface area contributed by atoms with Gasteiger partial charge in [0.25, 0.3) is 5.78 Å². The van der Waals surface area contributed by atoms with Crippen molar-refractivity contribution in [2.24, 2.45) is 0 Å². The van der Waals surface area contributed by atoms with Crippen LogP contribution >= 0.6 is 0 Å². The molecule has 3 heteroatoms. The molecule has 0 bridgehead atoms. The van der Waals surface area contributed by atoms with Crippen molar-refractivity contribution in [1.82, 2.24) is 0 Å². The Morgan fingerprint density at radius 1 is 1.15 bits per heavy atom. The Morgan fingerprint density at radius 3 is 2.15 bits per heavy atom. The van der Waals surface area contributed by atoms with Crippen LogP contribution in [0.5, 0.6) is 0 Å². The van der Waals surface area contributed by atoms with Crippen molar-refractivity contribution in [3.8, 4) is 0 Å². The number of benzene rings is 1. The first kappa shape index (κ1) is 9.45. The van der Waals surface area contributed by atoms with Gasteiger partial charge in [-0.25, -0.2) is 4.79 Å². The summed E-state index contributed by atoms with van der Waals surface area (Å²) in [5, 5.41) is 0. The second kappa shape index (κ2) is 3.85. The van der Waals surface area contributed by atoms with Gasteiger partial charge in [0, 0.05) is 5.56 Å². The van der Waals surface area contributed by atoms with Crippen LogP contribution in [0.3, 0.4) is 0 Å². The van der Waals surface area contributed by atoms with E-state index < -0.39 is 11.8 Å². The normalized spacial score (nSPS) is 9.38. The predicted molar refractivity (Wildman–Crippen MR) is 47.5 cm³/mol. The second-order valence-corrected chi connectivity index (χ2v) is 2.69. The maximum absolute atomic E-state index is 11.2. The molecule has 3 nitrogen and oxygen atoms in total. The lowest BCUT2D eigenvalue weighted by molar-refractivity contribution is -0.135. The molecule has 0 saturated heterocycles. The first-order chi connectivity index (χ1) is 6.15. The molecule has 0 aromatic heterocycles. The smallest absolute Gasteiger partial charge is 0.379 e. The van der Waals surface area contributed by atoms with Gasteiger partial charge < -0.3 is 4.74 Å². The van der Waals surface area contributed by atoms with E-state index in [9.17, 15) is 9.59 Å². The maximum Gasteiger partial charge on any atom is 0.379 e. The van der Waals surface area contributed by atoms with Gasteiger partial charge in [-0.2, -0.15) is 0 Å². The summed E-state index contributed by atoms with van der Waals surface area (Å²) in [7, 11) is 1.19. The molecule has 0 aliphatic rings. The summed E-state index contributed by atoms with van der Waals surface area (Å²) < 4.78 is 4.31. The fourth-order valence-corrected chi connectivity index (χ4v) is 0.915. The van der Waals surface area contributed by atoms with Gasteiger partial charge >= 0.3 is 5.97 Å². The number of methoxy groups -OCH3 is 1. The van der Waals surface area contributed by atoms with Gasteiger partial charge in [-0.15, -0.1) is 0 Å². The molecule has 0 unspecified atom stereocenters. The van der Waals surface area contributed by atoms with Crippen molar-refractivity contribution in [1.29, 1.82) is 0 Å². The summed E-state index contributed by atoms with van der Waals surface area (Å²) in [6.07, 6.45) is 0. The van der Waals surface area contributed by atoms with Gasteiger partial charge in [-0.3, -0.25) is 4.79 Å². The van der Waals surface area contributed by atoms with Crippen LogP contribution in [0.1, 0.15) is 15.9 Å². The lowest BCUT2D eigenvalue weighted by Gasteiger charge is -1.98. The van der Waals surface area contributed by atoms with Crippen LogP contribution in [0, 0.1) is 6.92 Å². The Kier molecular flexibility index (Phi) is 2.80. The number of ether oxygens (including phenoxy) is 1. The number of aryl methyl sites for hydroxylation is 1. The Bertz CT molecular complexity index is 325. The van der Waals surface area contributed by atoms with Crippen LogP contribution in [-0.2, 0) is 9.53 Å². The Morgan fingerprint density at radius 2 is 1.69 bits per heavy atom. The monoisotopic (exact) mass is 178 g/mol. The molecule has 0 fully saturated rings. The molecule has 0 amide bonds. The summed E-state index contributed by atoms with van der Waals surface area (Å²) >= 11 is 0. The number of hydrogen-bond acceptors (Lipinski definition) is 3. The van der Waals surface area contributed by atoms with Crippen LogP contribution in [0.25, 0.3) is 0 Å². The SMILES string of the molecule is COC(=O)C(=O)c1ccc(C)cc1. The number of rotatable bonds is 2. The van der Waals surface area contributed by atoms with Gasteiger partial charge in [0.2, 0.25) is 0 Å². The third-order valence-corrected chi connectivity index (χ3v) is 1.68. The molecule has 0 N–H and O–H groups in total. The van der Waals surface area contributed by atoms with Gasteiger partial charge in [0.1, 0.15) is 0 Å². The van der Waals surface area contributed by atoms with Gasteiger partial charge in [-0.1, -0.05) is 29.8 Å².